The summed E-state index contributed by atoms with van der Waals surface area (Å²) in [4.78, 5) is 0. The smallest absolute Gasteiger partial charge is 0.279 e. The molecule has 1 aromatic rings. The summed E-state index contributed by atoms with van der Waals surface area (Å²) in [6, 6.07) is 6.82. The lowest BCUT2D eigenvalue weighted by Crippen LogP contribution is -2.40. The molecular formula is C13H21ClN2O3S. The van der Waals surface area contributed by atoms with E-state index in [-0.39, 0.29) is 6.54 Å². The molecule has 0 aromatic heterocycles. The molecule has 5 nitrogen and oxygen atoms in total. The van der Waals surface area contributed by atoms with Crippen LogP contribution in [0.4, 0.5) is 0 Å². The summed E-state index contributed by atoms with van der Waals surface area (Å²) in [7, 11) is -2.05. The van der Waals surface area contributed by atoms with Gasteiger partial charge in [-0.1, -0.05) is 43.1 Å². The molecule has 1 atom stereocenters. The van der Waals surface area contributed by atoms with E-state index in [2.05, 4.69) is 4.72 Å². The number of aliphatic hydroxyl groups excluding tert-OH is 1. The molecule has 0 radical (unpaired) electrons. The minimum absolute atomic E-state index is 0.109. The van der Waals surface area contributed by atoms with Gasteiger partial charge in [0, 0.05) is 30.7 Å². The van der Waals surface area contributed by atoms with E-state index in [0.29, 0.717) is 17.1 Å². The maximum atomic E-state index is 11.9. The summed E-state index contributed by atoms with van der Waals surface area (Å²) in [5.74, 6) is 0. The summed E-state index contributed by atoms with van der Waals surface area (Å²) in [6.07, 6.45) is 0.741. The number of rotatable bonds is 8. The van der Waals surface area contributed by atoms with Gasteiger partial charge in [-0.15, -0.1) is 0 Å². The highest BCUT2D eigenvalue weighted by Gasteiger charge is 2.19. The molecule has 20 heavy (non-hydrogen) atoms. The summed E-state index contributed by atoms with van der Waals surface area (Å²) in [6.45, 7) is 2.34. The fraction of sp³-hybridized carbons (Fsp3) is 0.538. The fourth-order valence-corrected chi connectivity index (χ4v) is 2.87. The lowest BCUT2D eigenvalue weighted by atomic mass is 10.1. The molecule has 114 valence electrons. The van der Waals surface area contributed by atoms with Gasteiger partial charge in [-0.3, -0.25) is 0 Å². The number of unbranched alkanes of at least 4 members (excludes halogenated alkanes) is 1. The van der Waals surface area contributed by atoms with Crippen molar-refractivity contribution in [2.75, 3.05) is 20.1 Å². The Kier molecular flexibility index (Phi) is 6.91. The summed E-state index contributed by atoms with van der Waals surface area (Å²) < 4.78 is 27.5. The molecule has 0 saturated carbocycles. The quantitative estimate of drug-likeness (QED) is 0.769. The molecule has 7 heteroatoms. The van der Waals surface area contributed by atoms with Crippen LogP contribution in [0.3, 0.4) is 0 Å². The third-order valence-corrected chi connectivity index (χ3v) is 4.84. The predicted octanol–water partition coefficient (Wildman–Crippen LogP) is 1.94. The maximum absolute atomic E-state index is 11.9. The highest BCUT2D eigenvalue weighted by molar-refractivity contribution is 7.87. The number of nitrogens with one attached hydrogen (secondary N) is 1. The molecule has 1 rings (SSSR count). The minimum atomic E-state index is -3.57. The number of aliphatic hydroxyl groups is 1. The van der Waals surface area contributed by atoms with Crippen molar-refractivity contribution in [1.82, 2.24) is 9.03 Å². The Labute approximate surface area is 125 Å². The second-order valence-electron chi connectivity index (χ2n) is 4.57. The van der Waals surface area contributed by atoms with Crippen LogP contribution in [0.15, 0.2) is 24.3 Å². The number of hydrogen-bond acceptors (Lipinski definition) is 3. The molecule has 0 aliphatic heterocycles. The first-order chi connectivity index (χ1) is 9.38. The van der Waals surface area contributed by atoms with Crippen LogP contribution >= 0.6 is 11.6 Å². The van der Waals surface area contributed by atoms with E-state index >= 15 is 0 Å². The topological polar surface area (TPSA) is 69.6 Å². The van der Waals surface area contributed by atoms with E-state index in [9.17, 15) is 13.5 Å². The normalized spacial score (nSPS) is 13.7. The van der Waals surface area contributed by atoms with Crippen LogP contribution in [0.1, 0.15) is 31.4 Å². The SMILES string of the molecule is CCCCN(C)S(=O)(=O)NCC(O)c1ccccc1Cl. The first-order valence-electron chi connectivity index (χ1n) is 6.52. The maximum Gasteiger partial charge on any atom is 0.279 e. The minimum Gasteiger partial charge on any atom is -0.387 e. The first-order valence-corrected chi connectivity index (χ1v) is 8.33. The third kappa shape index (κ3) is 5.03. The van der Waals surface area contributed by atoms with Crippen molar-refractivity contribution >= 4 is 21.8 Å². The zero-order chi connectivity index (χ0) is 15.2. The van der Waals surface area contributed by atoms with E-state index in [0.717, 1.165) is 12.8 Å². The van der Waals surface area contributed by atoms with Crippen LogP contribution in [0.5, 0.6) is 0 Å². The second kappa shape index (κ2) is 7.95. The summed E-state index contributed by atoms with van der Waals surface area (Å²) >= 11 is 5.95. The Morgan fingerprint density at radius 2 is 2.05 bits per heavy atom. The van der Waals surface area contributed by atoms with E-state index in [1.54, 1.807) is 24.3 Å². The molecule has 0 fully saturated rings. The molecule has 2 N–H and O–H groups in total. The molecule has 0 aliphatic rings. The van der Waals surface area contributed by atoms with Crippen molar-refractivity contribution in [2.24, 2.45) is 0 Å². The highest BCUT2D eigenvalue weighted by atomic mass is 35.5. The molecule has 0 heterocycles. The molecule has 0 spiro atoms. The van der Waals surface area contributed by atoms with Crippen molar-refractivity contribution in [3.8, 4) is 0 Å². The average molecular weight is 321 g/mol. The van der Waals surface area contributed by atoms with Gasteiger partial charge < -0.3 is 5.11 Å². The molecule has 0 aliphatic carbocycles. The van der Waals surface area contributed by atoms with Gasteiger partial charge in [-0.2, -0.15) is 17.4 Å². The Hall–Kier alpha value is -0.660. The van der Waals surface area contributed by atoms with Gasteiger partial charge in [0.05, 0.1) is 6.10 Å². The number of halogens is 1. The molecule has 0 amide bonds. The molecule has 1 unspecified atom stereocenters. The Balaban J connectivity index is 2.60. The fourth-order valence-electron chi connectivity index (χ4n) is 1.65. The zero-order valence-electron chi connectivity index (χ0n) is 11.7. The average Bonchev–Trinajstić information content (AvgIpc) is 2.42. The van der Waals surface area contributed by atoms with Crippen molar-refractivity contribution in [2.45, 2.75) is 25.9 Å². The van der Waals surface area contributed by atoms with Gasteiger partial charge in [-0.05, 0) is 12.5 Å². The van der Waals surface area contributed by atoms with Crippen LogP contribution in [0.25, 0.3) is 0 Å². The first kappa shape index (κ1) is 17.4. The number of nitrogens with zero attached hydrogens (tertiary/aromatic N) is 1. The van der Waals surface area contributed by atoms with E-state index in [1.165, 1.54) is 11.4 Å². The molecular weight excluding hydrogens is 300 g/mol. The van der Waals surface area contributed by atoms with Crippen LogP contribution in [0, 0.1) is 0 Å². The second-order valence-corrected chi connectivity index (χ2v) is 6.84. The Morgan fingerprint density at radius 1 is 1.40 bits per heavy atom. The van der Waals surface area contributed by atoms with Crippen LogP contribution in [0.2, 0.25) is 5.02 Å². The van der Waals surface area contributed by atoms with Crippen molar-refractivity contribution in [1.29, 1.82) is 0 Å². The Bertz CT molecular complexity index is 522. The largest absolute Gasteiger partial charge is 0.387 e. The van der Waals surface area contributed by atoms with E-state index in [4.69, 9.17) is 11.6 Å². The Morgan fingerprint density at radius 3 is 2.65 bits per heavy atom. The van der Waals surface area contributed by atoms with Gasteiger partial charge in [0.25, 0.3) is 10.2 Å². The standard InChI is InChI=1S/C13H21ClN2O3S/c1-3-4-9-16(2)20(18,19)15-10-13(17)11-7-5-6-8-12(11)14/h5-8,13,15,17H,3-4,9-10H2,1-2H3. The lowest BCUT2D eigenvalue weighted by molar-refractivity contribution is 0.181. The third-order valence-electron chi connectivity index (χ3n) is 2.96. The predicted molar refractivity (Wildman–Crippen MR) is 80.9 cm³/mol. The molecule has 0 bridgehead atoms. The van der Waals surface area contributed by atoms with Gasteiger partial charge in [0.2, 0.25) is 0 Å². The summed E-state index contributed by atoms with van der Waals surface area (Å²) in [5.41, 5.74) is 0.507. The van der Waals surface area contributed by atoms with Crippen LogP contribution < -0.4 is 4.72 Å². The molecule has 1 aromatic carbocycles. The monoisotopic (exact) mass is 320 g/mol. The lowest BCUT2D eigenvalue weighted by Gasteiger charge is -2.19. The van der Waals surface area contributed by atoms with Gasteiger partial charge >= 0.3 is 0 Å². The molecule has 0 saturated heterocycles. The summed E-state index contributed by atoms with van der Waals surface area (Å²) in [5, 5.41) is 10.4. The van der Waals surface area contributed by atoms with Crippen molar-refractivity contribution < 1.29 is 13.5 Å². The van der Waals surface area contributed by atoms with Crippen molar-refractivity contribution in [3.05, 3.63) is 34.9 Å². The van der Waals surface area contributed by atoms with Crippen molar-refractivity contribution in [3.63, 3.8) is 0 Å². The van der Waals surface area contributed by atoms with Crippen LogP contribution in [-0.4, -0.2) is 38.0 Å². The highest BCUT2D eigenvalue weighted by Crippen LogP contribution is 2.22. The van der Waals surface area contributed by atoms with Gasteiger partial charge in [0.15, 0.2) is 0 Å². The van der Waals surface area contributed by atoms with E-state index in [1.807, 2.05) is 6.92 Å². The number of hydrogen-bond donors (Lipinski definition) is 2. The van der Waals surface area contributed by atoms with Gasteiger partial charge in [-0.25, -0.2) is 0 Å². The zero-order valence-corrected chi connectivity index (χ0v) is 13.3. The van der Waals surface area contributed by atoms with Crippen LogP contribution in [-0.2, 0) is 10.2 Å². The van der Waals surface area contributed by atoms with Gasteiger partial charge in [0.1, 0.15) is 0 Å². The number of benzene rings is 1. The van der Waals surface area contributed by atoms with E-state index < -0.39 is 16.3 Å².